The van der Waals surface area contributed by atoms with Crippen molar-refractivity contribution >= 4 is 22.2 Å². The minimum atomic E-state index is 0.714. The Hall–Kier alpha value is -1.59. The molecule has 0 amide bonds. The van der Waals surface area contributed by atoms with Crippen LogP contribution in [0.3, 0.4) is 0 Å². The lowest BCUT2D eigenvalue weighted by Crippen LogP contribution is -2.46. The van der Waals surface area contributed by atoms with Gasteiger partial charge in [0.1, 0.15) is 0 Å². The smallest absolute Gasteiger partial charge is 0.185 e. The van der Waals surface area contributed by atoms with Gasteiger partial charge in [0, 0.05) is 43.4 Å². The number of hydrogen-bond acceptors (Lipinski definition) is 5. The highest BCUT2D eigenvalue weighted by Gasteiger charge is 2.18. The van der Waals surface area contributed by atoms with Gasteiger partial charge in [-0.25, -0.2) is 4.98 Å². The summed E-state index contributed by atoms with van der Waals surface area (Å²) in [7, 11) is 0. The van der Waals surface area contributed by atoms with E-state index >= 15 is 0 Å². The summed E-state index contributed by atoms with van der Waals surface area (Å²) in [6.45, 7) is 4.90. The molecule has 3 rings (SSSR count). The van der Waals surface area contributed by atoms with Crippen molar-refractivity contribution in [1.29, 1.82) is 0 Å². The largest absolute Gasteiger partial charge is 0.368 e. The molecular weight excluding hydrogens is 268 g/mol. The van der Waals surface area contributed by atoms with Gasteiger partial charge < -0.3 is 15.5 Å². The number of nitrogens with two attached hydrogens (primary N) is 1. The summed E-state index contributed by atoms with van der Waals surface area (Å²) in [4.78, 5) is 9.19. The van der Waals surface area contributed by atoms with E-state index in [-0.39, 0.29) is 0 Å². The second-order valence-electron chi connectivity index (χ2n) is 4.99. The van der Waals surface area contributed by atoms with E-state index in [4.69, 9.17) is 5.73 Å². The Bertz CT molecular complexity index is 515. The molecule has 20 heavy (non-hydrogen) atoms. The van der Waals surface area contributed by atoms with Gasteiger partial charge in [-0.3, -0.25) is 0 Å². The lowest BCUT2D eigenvalue weighted by Gasteiger charge is -2.36. The minimum Gasteiger partial charge on any atom is -0.368 e. The van der Waals surface area contributed by atoms with Gasteiger partial charge in [-0.05, 0) is 30.7 Å². The molecule has 0 aliphatic carbocycles. The molecule has 1 aromatic carbocycles. The molecule has 2 aromatic rings. The van der Waals surface area contributed by atoms with E-state index in [0.717, 1.165) is 37.7 Å². The van der Waals surface area contributed by atoms with Gasteiger partial charge in [-0.2, -0.15) is 0 Å². The molecule has 1 aromatic heterocycles. The molecule has 1 fully saturated rings. The molecule has 106 valence electrons. The fraction of sp³-hybridized carbons (Fsp3) is 0.400. The Morgan fingerprint density at radius 3 is 2.35 bits per heavy atom. The first kappa shape index (κ1) is 13.4. The molecular formula is C15H20N4S. The van der Waals surface area contributed by atoms with E-state index in [0.29, 0.717) is 6.54 Å². The number of hydrogen-bond donors (Lipinski definition) is 1. The fourth-order valence-electron chi connectivity index (χ4n) is 2.57. The highest BCUT2D eigenvalue weighted by Crippen LogP contribution is 2.22. The average Bonchev–Trinajstić information content (AvgIpc) is 3.03. The molecule has 1 saturated heterocycles. The molecule has 4 nitrogen and oxygen atoms in total. The predicted octanol–water partition coefficient (Wildman–Crippen LogP) is 1.97. The first-order valence-corrected chi connectivity index (χ1v) is 7.93. The number of piperazine rings is 1. The molecule has 0 radical (unpaired) electrons. The lowest BCUT2D eigenvalue weighted by atomic mass is 10.1. The van der Waals surface area contributed by atoms with Gasteiger partial charge in [0.15, 0.2) is 5.13 Å². The maximum Gasteiger partial charge on any atom is 0.185 e. The average molecular weight is 288 g/mol. The summed E-state index contributed by atoms with van der Waals surface area (Å²) < 4.78 is 0. The van der Waals surface area contributed by atoms with Crippen molar-refractivity contribution in [3.8, 4) is 0 Å². The third kappa shape index (κ3) is 2.94. The molecule has 5 heteroatoms. The standard InChI is InChI=1S/C15H20N4S/c16-6-5-13-1-3-14(4-2-13)18-8-10-19(11-9-18)15-17-7-12-20-15/h1-4,7,12H,5-6,8-11,16H2. The van der Waals surface area contributed by atoms with Gasteiger partial charge in [0.05, 0.1) is 0 Å². The van der Waals surface area contributed by atoms with Crippen molar-refractivity contribution in [2.45, 2.75) is 6.42 Å². The molecule has 1 aliphatic rings. The van der Waals surface area contributed by atoms with Crippen LogP contribution >= 0.6 is 11.3 Å². The first-order chi connectivity index (χ1) is 9.86. The number of anilines is 2. The van der Waals surface area contributed by atoms with Gasteiger partial charge in [0.2, 0.25) is 0 Å². The summed E-state index contributed by atoms with van der Waals surface area (Å²) in [5, 5.41) is 3.18. The van der Waals surface area contributed by atoms with Crippen LogP contribution in [0, 0.1) is 0 Å². The molecule has 0 spiro atoms. The van der Waals surface area contributed by atoms with E-state index < -0.39 is 0 Å². The Balaban J connectivity index is 1.60. The molecule has 0 unspecified atom stereocenters. The Labute approximate surface area is 123 Å². The minimum absolute atomic E-state index is 0.714. The molecule has 1 aliphatic heterocycles. The maximum absolute atomic E-state index is 5.58. The third-order valence-corrected chi connectivity index (χ3v) is 4.54. The molecule has 2 heterocycles. The van der Waals surface area contributed by atoms with Crippen molar-refractivity contribution in [2.75, 3.05) is 42.5 Å². The summed E-state index contributed by atoms with van der Waals surface area (Å²) in [6, 6.07) is 8.80. The van der Waals surface area contributed by atoms with Crippen LogP contribution in [0.1, 0.15) is 5.56 Å². The van der Waals surface area contributed by atoms with Crippen LogP contribution < -0.4 is 15.5 Å². The van der Waals surface area contributed by atoms with Crippen LogP contribution in [0.25, 0.3) is 0 Å². The number of nitrogens with zero attached hydrogens (tertiary/aromatic N) is 3. The zero-order valence-corrected chi connectivity index (χ0v) is 12.4. The van der Waals surface area contributed by atoms with Crippen molar-refractivity contribution in [2.24, 2.45) is 5.73 Å². The summed E-state index contributed by atoms with van der Waals surface area (Å²) in [6.07, 6.45) is 2.83. The molecule has 0 bridgehead atoms. The zero-order chi connectivity index (χ0) is 13.8. The van der Waals surface area contributed by atoms with E-state index in [1.54, 1.807) is 11.3 Å². The number of aromatic nitrogens is 1. The maximum atomic E-state index is 5.58. The van der Waals surface area contributed by atoms with Gasteiger partial charge in [-0.1, -0.05) is 12.1 Å². The van der Waals surface area contributed by atoms with Crippen LogP contribution in [0.4, 0.5) is 10.8 Å². The van der Waals surface area contributed by atoms with Crippen molar-refractivity contribution in [3.63, 3.8) is 0 Å². The van der Waals surface area contributed by atoms with Gasteiger partial charge in [-0.15, -0.1) is 11.3 Å². The highest BCUT2D eigenvalue weighted by molar-refractivity contribution is 7.13. The Kier molecular flexibility index (Phi) is 4.18. The topological polar surface area (TPSA) is 45.4 Å². The third-order valence-electron chi connectivity index (χ3n) is 3.70. The van der Waals surface area contributed by atoms with E-state index in [2.05, 4.69) is 39.0 Å². The van der Waals surface area contributed by atoms with Crippen LogP contribution in [0.15, 0.2) is 35.8 Å². The summed E-state index contributed by atoms with van der Waals surface area (Å²) >= 11 is 1.72. The predicted molar refractivity (Wildman–Crippen MR) is 85.7 cm³/mol. The van der Waals surface area contributed by atoms with Crippen LogP contribution in [0.2, 0.25) is 0 Å². The first-order valence-electron chi connectivity index (χ1n) is 7.05. The number of benzene rings is 1. The fourth-order valence-corrected chi connectivity index (χ4v) is 3.26. The summed E-state index contributed by atoms with van der Waals surface area (Å²) in [5.74, 6) is 0. The van der Waals surface area contributed by atoms with E-state index in [1.165, 1.54) is 11.3 Å². The zero-order valence-electron chi connectivity index (χ0n) is 11.5. The second kappa shape index (κ2) is 6.24. The van der Waals surface area contributed by atoms with Gasteiger partial charge in [0.25, 0.3) is 0 Å². The Morgan fingerprint density at radius 1 is 1.05 bits per heavy atom. The van der Waals surface area contributed by atoms with Crippen LogP contribution in [-0.2, 0) is 6.42 Å². The molecule has 0 saturated carbocycles. The lowest BCUT2D eigenvalue weighted by molar-refractivity contribution is 0.652. The second-order valence-corrected chi connectivity index (χ2v) is 5.87. The number of rotatable bonds is 4. The number of thiazole rings is 1. The van der Waals surface area contributed by atoms with Crippen molar-refractivity contribution < 1.29 is 0 Å². The molecule has 2 N–H and O–H groups in total. The normalized spacial score (nSPS) is 15.7. The van der Waals surface area contributed by atoms with E-state index in [9.17, 15) is 0 Å². The monoisotopic (exact) mass is 288 g/mol. The molecule has 0 atom stereocenters. The van der Waals surface area contributed by atoms with Crippen molar-refractivity contribution in [1.82, 2.24) is 4.98 Å². The Morgan fingerprint density at radius 2 is 1.75 bits per heavy atom. The van der Waals surface area contributed by atoms with Crippen LogP contribution in [0.5, 0.6) is 0 Å². The summed E-state index contributed by atoms with van der Waals surface area (Å²) in [5.41, 5.74) is 8.21. The van der Waals surface area contributed by atoms with Crippen molar-refractivity contribution in [3.05, 3.63) is 41.4 Å². The van der Waals surface area contributed by atoms with Crippen LogP contribution in [-0.4, -0.2) is 37.7 Å². The van der Waals surface area contributed by atoms with E-state index in [1.807, 2.05) is 11.6 Å². The van der Waals surface area contributed by atoms with Gasteiger partial charge >= 0.3 is 0 Å². The highest BCUT2D eigenvalue weighted by atomic mass is 32.1. The SMILES string of the molecule is NCCc1ccc(N2CCN(c3nccs3)CC2)cc1. The quantitative estimate of drug-likeness (QED) is 0.934.